The molecule has 6 nitrogen and oxygen atoms in total. The number of hydrogen-bond acceptors (Lipinski definition) is 5. The van der Waals surface area contributed by atoms with Crippen LogP contribution in [0.4, 0.5) is 10.5 Å². The highest BCUT2D eigenvalue weighted by atomic mass is 32.2. The zero-order valence-corrected chi connectivity index (χ0v) is 16.6. The van der Waals surface area contributed by atoms with E-state index in [2.05, 4.69) is 5.32 Å². The predicted octanol–water partition coefficient (Wildman–Crippen LogP) is 3.70. The van der Waals surface area contributed by atoms with Crippen LogP contribution in [0, 0.1) is 13.8 Å². The van der Waals surface area contributed by atoms with Crippen molar-refractivity contribution in [1.82, 2.24) is 4.90 Å². The molecule has 0 unspecified atom stereocenters. The molecule has 0 spiro atoms. The number of esters is 1. The van der Waals surface area contributed by atoms with Gasteiger partial charge in [-0.2, -0.15) is 0 Å². The summed E-state index contributed by atoms with van der Waals surface area (Å²) in [7, 11) is 0. The Morgan fingerprint density at radius 1 is 1.18 bits per heavy atom. The molecule has 1 fully saturated rings. The van der Waals surface area contributed by atoms with E-state index >= 15 is 0 Å². The van der Waals surface area contributed by atoms with Crippen molar-refractivity contribution in [2.45, 2.75) is 20.0 Å². The Balaban J connectivity index is 1.77. The zero-order chi connectivity index (χ0) is 20.1. The summed E-state index contributed by atoms with van der Waals surface area (Å²) in [4.78, 5) is 38.5. The molecule has 2 amide bonds. The van der Waals surface area contributed by atoms with Crippen molar-refractivity contribution in [3.63, 3.8) is 0 Å². The van der Waals surface area contributed by atoms with Crippen molar-refractivity contribution < 1.29 is 19.1 Å². The van der Waals surface area contributed by atoms with Crippen molar-refractivity contribution in [3.8, 4) is 0 Å². The van der Waals surface area contributed by atoms with Gasteiger partial charge in [-0.3, -0.25) is 14.4 Å². The summed E-state index contributed by atoms with van der Waals surface area (Å²) < 4.78 is 5.50. The lowest BCUT2D eigenvalue weighted by atomic mass is 10.1. The number of anilines is 1. The highest BCUT2D eigenvalue weighted by Crippen LogP contribution is 2.23. The van der Waals surface area contributed by atoms with Crippen molar-refractivity contribution in [2.75, 3.05) is 24.2 Å². The van der Waals surface area contributed by atoms with Gasteiger partial charge in [0.2, 0.25) is 6.10 Å². The molecule has 1 saturated heterocycles. The molecular formula is C21H22N2O4S. The second-order valence-corrected chi connectivity index (χ2v) is 7.67. The van der Waals surface area contributed by atoms with Crippen LogP contribution in [0.15, 0.2) is 48.5 Å². The van der Waals surface area contributed by atoms with E-state index in [1.54, 1.807) is 24.3 Å². The Bertz CT molecular complexity index is 885. The lowest BCUT2D eigenvalue weighted by molar-refractivity contribution is -0.155. The first kappa shape index (κ1) is 19.9. The molecule has 2 aromatic rings. The third kappa shape index (κ3) is 4.92. The molecule has 2 aromatic carbocycles. The maximum atomic E-state index is 12.9. The largest absolute Gasteiger partial charge is 0.446 e. The summed E-state index contributed by atoms with van der Waals surface area (Å²) in [5.41, 5.74) is 3.17. The Labute approximate surface area is 168 Å². The molecule has 3 rings (SSSR count). The standard InChI is InChI=1S/C21H22N2O4S/c1-14-8-9-15(2)17(12-14)22-20(25)19(16-6-4-3-5-7-16)27-18(24)13-23-10-11-28-21(23)26/h3-9,12,19H,10-11,13H2,1-2H3,(H,22,25)/t19-/m0/s1. The Morgan fingerprint density at radius 3 is 2.61 bits per heavy atom. The van der Waals surface area contributed by atoms with Crippen LogP contribution >= 0.6 is 11.8 Å². The first-order valence-electron chi connectivity index (χ1n) is 8.98. The van der Waals surface area contributed by atoms with Gasteiger partial charge in [-0.1, -0.05) is 54.2 Å². The summed E-state index contributed by atoms with van der Waals surface area (Å²) in [6.07, 6.45) is -1.10. The number of benzene rings is 2. The van der Waals surface area contributed by atoms with Gasteiger partial charge in [0.05, 0.1) is 0 Å². The van der Waals surface area contributed by atoms with Crippen LogP contribution in [-0.4, -0.2) is 40.9 Å². The molecule has 0 radical (unpaired) electrons. The summed E-state index contributed by atoms with van der Waals surface area (Å²) in [6.45, 7) is 4.18. The molecule has 1 atom stereocenters. The monoisotopic (exact) mass is 398 g/mol. The van der Waals surface area contributed by atoms with Crippen LogP contribution in [0.3, 0.4) is 0 Å². The van der Waals surface area contributed by atoms with E-state index in [9.17, 15) is 14.4 Å². The fourth-order valence-corrected chi connectivity index (χ4v) is 3.69. The number of rotatable bonds is 6. The number of nitrogens with zero attached hydrogens (tertiary/aromatic N) is 1. The molecular weight excluding hydrogens is 376 g/mol. The van der Waals surface area contributed by atoms with Gasteiger partial charge in [0.1, 0.15) is 6.54 Å². The van der Waals surface area contributed by atoms with Gasteiger partial charge in [0, 0.05) is 23.5 Å². The van der Waals surface area contributed by atoms with Gasteiger partial charge >= 0.3 is 5.97 Å². The van der Waals surface area contributed by atoms with Crippen LogP contribution in [0.2, 0.25) is 0 Å². The highest BCUT2D eigenvalue weighted by molar-refractivity contribution is 8.13. The van der Waals surface area contributed by atoms with Crippen LogP contribution < -0.4 is 5.32 Å². The summed E-state index contributed by atoms with van der Waals surface area (Å²) in [5.74, 6) is -0.391. The lowest BCUT2D eigenvalue weighted by Gasteiger charge is -2.21. The zero-order valence-electron chi connectivity index (χ0n) is 15.8. The lowest BCUT2D eigenvalue weighted by Crippen LogP contribution is -2.34. The first-order valence-corrected chi connectivity index (χ1v) is 9.97. The Morgan fingerprint density at radius 2 is 1.93 bits per heavy atom. The Kier molecular flexibility index (Phi) is 6.36. The molecule has 0 aromatic heterocycles. The van der Waals surface area contributed by atoms with Crippen LogP contribution in [0.5, 0.6) is 0 Å². The van der Waals surface area contributed by atoms with E-state index in [1.165, 1.54) is 16.7 Å². The van der Waals surface area contributed by atoms with Gasteiger partial charge < -0.3 is 15.0 Å². The van der Waals surface area contributed by atoms with Crippen molar-refractivity contribution >= 4 is 34.6 Å². The van der Waals surface area contributed by atoms with Crippen molar-refractivity contribution in [1.29, 1.82) is 0 Å². The number of thioether (sulfide) groups is 1. The van der Waals surface area contributed by atoms with E-state index in [0.717, 1.165) is 11.1 Å². The fourth-order valence-electron chi connectivity index (χ4n) is 2.86. The molecule has 0 saturated carbocycles. The molecule has 1 aliphatic rings. The first-order chi connectivity index (χ1) is 13.4. The fraction of sp³-hybridized carbons (Fsp3) is 0.286. The molecule has 0 aliphatic carbocycles. The average molecular weight is 398 g/mol. The Hall–Kier alpha value is -2.80. The molecule has 146 valence electrons. The summed E-state index contributed by atoms with van der Waals surface area (Å²) in [6, 6.07) is 14.6. The number of aryl methyl sites for hydroxylation is 2. The maximum absolute atomic E-state index is 12.9. The van der Waals surface area contributed by atoms with Gasteiger partial charge in [0.15, 0.2) is 0 Å². The minimum absolute atomic E-state index is 0.145. The number of amides is 2. The molecule has 1 heterocycles. The van der Waals surface area contributed by atoms with E-state index in [4.69, 9.17) is 4.74 Å². The van der Waals surface area contributed by atoms with E-state index in [0.29, 0.717) is 23.5 Å². The number of carbonyl (C=O) groups is 3. The van der Waals surface area contributed by atoms with E-state index in [-0.39, 0.29) is 11.8 Å². The normalized spacial score (nSPS) is 14.6. The van der Waals surface area contributed by atoms with Gasteiger partial charge in [-0.05, 0) is 31.0 Å². The molecule has 1 N–H and O–H groups in total. The third-order valence-electron chi connectivity index (χ3n) is 4.41. The predicted molar refractivity (Wildman–Crippen MR) is 109 cm³/mol. The van der Waals surface area contributed by atoms with Gasteiger partial charge in [-0.15, -0.1) is 0 Å². The summed E-state index contributed by atoms with van der Waals surface area (Å²) >= 11 is 1.17. The number of hydrogen-bond donors (Lipinski definition) is 1. The van der Waals surface area contributed by atoms with E-state index in [1.807, 2.05) is 38.1 Å². The van der Waals surface area contributed by atoms with Gasteiger partial charge in [-0.25, -0.2) is 0 Å². The second-order valence-electron chi connectivity index (χ2n) is 6.62. The topological polar surface area (TPSA) is 75.7 Å². The van der Waals surface area contributed by atoms with E-state index < -0.39 is 18.0 Å². The average Bonchev–Trinajstić information content (AvgIpc) is 3.08. The maximum Gasteiger partial charge on any atom is 0.326 e. The molecule has 0 bridgehead atoms. The SMILES string of the molecule is Cc1ccc(C)c(NC(=O)[C@@H](OC(=O)CN2CCSC2=O)c2ccccc2)c1. The number of ether oxygens (including phenoxy) is 1. The summed E-state index contributed by atoms with van der Waals surface area (Å²) in [5, 5.41) is 2.71. The number of carbonyl (C=O) groups excluding carboxylic acids is 3. The van der Waals surface area contributed by atoms with Crippen LogP contribution in [0.25, 0.3) is 0 Å². The smallest absolute Gasteiger partial charge is 0.326 e. The van der Waals surface area contributed by atoms with Gasteiger partial charge in [0.25, 0.3) is 11.1 Å². The van der Waals surface area contributed by atoms with Crippen LogP contribution in [-0.2, 0) is 14.3 Å². The number of nitrogens with one attached hydrogen (secondary N) is 1. The van der Waals surface area contributed by atoms with Crippen molar-refractivity contribution in [3.05, 3.63) is 65.2 Å². The van der Waals surface area contributed by atoms with Crippen molar-refractivity contribution in [2.24, 2.45) is 0 Å². The van der Waals surface area contributed by atoms with Crippen LogP contribution in [0.1, 0.15) is 22.8 Å². The third-order valence-corrected chi connectivity index (χ3v) is 5.30. The second kappa shape index (κ2) is 8.93. The minimum Gasteiger partial charge on any atom is -0.446 e. The quantitative estimate of drug-likeness (QED) is 0.751. The molecule has 28 heavy (non-hydrogen) atoms. The highest BCUT2D eigenvalue weighted by Gasteiger charge is 2.29. The molecule has 7 heteroatoms. The molecule has 1 aliphatic heterocycles. The minimum atomic E-state index is -1.10.